The van der Waals surface area contributed by atoms with Gasteiger partial charge in [0.1, 0.15) is 0 Å². The zero-order valence-corrected chi connectivity index (χ0v) is 14.8. The highest BCUT2D eigenvalue weighted by atomic mass is 19.3. The molecule has 0 aromatic rings. The molecule has 1 heterocycles. The third-order valence-electron chi connectivity index (χ3n) is 4.19. The van der Waals surface area contributed by atoms with Crippen LogP contribution in [0.15, 0.2) is 12.2 Å². The highest BCUT2D eigenvalue weighted by molar-refractivity contribution is 5.86. The van der Waals surface area contributed by atoms with Crippen molar-refractivity contribution in [2.45, 2.75) is 76.7 Å². The van der Waals surface area contributed by atoms with Gasteiger partial charge in [-0.15, -0.1) is 11.8 Å². The average Bonchev–Trinajstić information content (AvgIpc) is 2.76. The minimum absolute atomic E-state index is 0.120. The lowest BCUT2D eigenvalue weighted by atomic mass is 10.1. The van der Waals surface area contributed by atoms with E-state index < -0.39 is 30.3 Å². The molecular weight excluding hydrogens is 328 g/mol. The number of allylic oxidation sites excluding steroid dienone is 1. The predicted molar refractivity (Wildman–Crippen MR) is 92.2 cm³/mol. The second-order valence-corrected chi connectivity index (χ2v) is 6.28. The minimum Gasteiger partial charge on any atom is -0.481 e. The standard InChI is InChI=1S/C19H27F2NO3/c1-2-3-4-5-6-9-12-16-15-19(20,21)18(25)22(16)14-11-8-7-10-13-17(23)24/h9,12,16H,4-8,10-11,13-15H2,1H3,(H,23,24)/b12-9+. The number of hydrogen-bond acceptors (Lipinski definition) is 2. The van der Waals surface area contributed by atoms with Crippen LogP contribution in [0.25, 0.3) is 0 Å². The van der Waals surface area contributed by atoms with Crippen LogP contribution in [0.3, 0.4) is 0 Å². The Bertz CT molecular complexity index is 535. The van der Waals surface area contributed by atoms with E-state index in [1.54, 1.807) is 13.0 Å². The van der Waals surface area contributed by atoms with Crippen LogP contribution in [-0.2, 0) is 9.59 Å². The summed E-state index contributed by atoms with van der Waals surface area (Å²) in [5, 5.41) is 8.57. The lowest BCUT2D eigenvalue weighted by Crippen LogP contribution is -2.36. The lowest BCUT2D eigenvalue weighted by Gasteiger charge is -2.21. The van der Waals surface area contributed by atoms with Gasteiger partial charge in [-0.1, -0.05) is 25.0 Å². The first-order valence-electron chi connectivity index (χ1n) is 8.85. The van der Waals surface area contributed by atoms with Crippen LogP contribution in [0.4, 0.5) is 8.78 Å². The number of carboxylic acids is 1. The maximum Gasteiger partial charge on any atom is 0.327 e. The Morgan fingerprint density at radius 3 is 2.72 bits per heavy atom. The maximum absolute atomic E-state index is 13.7. The monoisotopic (exact) mass is 355 g/mol. The Morgan fingerprint density at radius 1 is 1.32 bits per heavy atom. The van der Waals surface area contributed by atoms with Crippen LogP contribution in [0, 0.1) is 11.8 Å². The topological polar surface area (TPSA) is 57.6 Å². The van der Waals surface area contributed by atoms with Gasteiger partial charge in [-0.2, -0.15) is 8.78 Å². The molecular formula is C19H27F2NO3. The van der Waals surface area contributed by atoms with E-state index in [0.717, 1.165) is 32.1 Å². The molecule has 1 rings (SSSR count). The van der Waals surface area contributed by atoms with Gasteiger partial charge in [0.15, 0.2) is 0 Å². The van der Waals surface area contributed by atoms with Crippen LogP contribution in [0.5, 0.6) is 0 Å². The zero-order valence-electron chi connectivity index (χ0n) is 14.8. The van der Waals surface area contributed by atoms with Gasteiger partial charge in [0.25, 0.3) is 5.91 Å². The minimum atomic E-state index is -3.29. The lowest BCUT2D eigenvalue weighted by molar-refractivity contribution is -0.148. The maximum atomic E-state index is 13.7. The number of carbonyl (C=O) groups is 2. The fraction of sp³-hybridized carbons (Fsp3) is 0.684. The molecule has 0 spiro atoms. The Balaban J connectivity index is 2.42. The summed E-state index contributed by atoms with van der Waals surface area (Å²) in [7, 11) is 0. The van der Waals surface area contributed by atoms with E-state index in [2.05, 4.69) is 11.8 Å². The number of unbranched alkanes of at least 4 members (excludes halogenated alkanes) is 5. The molecule has 1 amide bonds. The summed E-state index contributed by atoms with van der Waals surface area (Å²) in [6.45, 7) is 2.07. The summed E-state index contributed by atoms with van der Waals surface area (Å²) < 4.78 is 27.4. The Kier molecular flexibility index (Phi) is 9.18. The molecule has 140 valence electrons. The van der Waals surface area contributed by atoms with Crippen LogP contribution in [0.1, 0.15) is 64.7 Å². The number of aliphatic carboxylic acids is 1. The summed E-state index contributed by atoms with van der Waals surface area (Å²) in [5.74, 6) is 0.553. The van der Waals surface area contributed by atoms with Crippen LogP contribution in [-0.4, -0.2) is 40.4 Å². The molecule has 1 fully saturated rings. The fourth-order valence-electron chi connectivity index (χ4n) is 2.86. The molecule has 25 heavy (non-hydrogen) atoms. The highest BCUT2D eigenvalue weighted by Crippen LogP contribution is 2.34. The molecule has 0 aliphatic carbocycles. The Hall–Kier alpha value is -1.90. The normalized spacial score (nSPS) is 19.2. The van der Waals surface area contributed by atoms with E-state index in [1.807, 2.05) is 6.08 Å². The van der Waals surface area contributed by atoms with Gasteiger partial charge in [-0.25, -0.2) is 0 Å². The van der Waals surface area contributed by atoms with Gasteiger partial charge in [-0.05, 0) is 32.6 Å². The van der Waals surface area contributed by atoms with Crippen molar-refractivity contribution in [3.8, 4) is 11.8 Å². The van der Waals surface area contributed by atoms with Gasteiger partial charge in [0, 0.05) is 25.8 Å². The number of carbonyl (C=O) groups excluding carboxylic acids is 1. The summed E-state index contributed by atoms with van der Waals surface area (Å²) in [6, 6.07) is -0.557. The summed E-state index contributed by atoms with van der Waals surface area (Å²) >= 11 is 0. The predicted octanol–water partition coefficient (Wildman–Crippen LogP) is 4.01. The first-order chi connectivity index (χ1) is 11.9. The van der Waals surface area contributed by atoms with Gasteiger partial charge in [0.05, 0.1) is 6.04 Å². The number of halogens is 2. The van der Waals surface area contributed by atoms with Crippen LogP contribution < -0.4 is 0 Å². The third-order valence-corrected chi connectivity index (χ3v) is 4.19. The number of carboxylic acid groups (broad SMARTS) is 1. The van der Waals surface area contributed by atoms with Crippen molar-refractivity contribution in [3.63, 3.8) is 0 Å². The van der Waals surface area contributed by atoms with E-state index in [9.17, 15) is 18.4 Å². The molecule has 0 aromatic carbocycles. The zero-order chi connectivity index (χ0) is 18.7. The van der Waals surface area contributed by atoms with Crippen molar-refractivity contribution in [1.29, 1.82) is 0 Å². The number of hydrogen-bond donors (Lipinski definition) is 1. The van der Waals surface area contributed by atoms with Crippen molar-refractivity contribution < 1.29 is 23.5 Å². The molecule has 1 atom stereocenters. The first kappa shape index (κ1) is 21.1. The summed E-state index contributed by atoms with van der Waals surface area (Å²) in [4.78, 5) is 23.6. The quantitative estimate of drug-likeness (QED) is 0.346. The van der Waals surface area contributed by atoms with Gasteiger partial charge < -0.3 is 10.0 Å². The summed E-state index contributed by atoms with van der Waals surface area (Å²) in [5.41, 5.74) is 0. The first-order valence-corrected chi connectivity index (χ1v) is 8.85. The largest absolute Gasteiger partial charge is 0.481 e. The second kappa shape index (κ2) is 10.9. The molecule has 1 saturated heterocycles. The fourth-order valence-corrected chi connectivity index (χ4v) is 2.86. The molecule has 1 aliphatic heterocycles. The number of rotatable bonds is 11. The molecule has 0 radical (unpaired) electrons. The van der Waals surface area contributed by atoms with Gasteiger partial charge in [0.2, 0.25) is 0 Å². The SMILES string of the molecule is CC#CCCC/C=C/C1CC(F)(F)C(=O)N1CCCCCCC(=O)O. The van der Waals surface area contributed by atoms with Crippen molar-refractivity contribution >= 4 is 11.9 Å². The van der Waals surface area contributed by atoms with Crippen LogP contribution in [0.2, 0.25) is 0 Å². The van der Waals surface area contributed by atoms with Gasteiger partial charge >= 0.3 is 11.9 Å². The van der Waals surface area contributed by atoms with E-state index in [0.29, 0.717) is 12.8 Å². The molecule has 1 N–H and O–H groups in total. The van der Waals surface area contributed by atoms with E-state index in [4.69, 9.17) is 5.11 Å². The molecule has 0 saturated carbocycles. The number of nitrogens with zero attached hydrogens (tertiary/aromatic N) is 1. The highest BCUT2D eigenvalue weighted by Gasteiger charge is 2.52. The van der Waals surface area contributed by atoms with Crippen LogP contribution >= 0.6 is 0 Å². The molecule has 0 aromatic heterocycles. The van der Waals surface area contributed by atoms with E-state index in [-0.39, 0.29) is 13.0 Å². The average molecular weight is 355 g/mol. The number of likely N-dealkylation sites (tertiary alicyclic amines) is 1. The van der Waals surface area contributed by atoms with Crippen molar-refractivity contribution in [1.82, 2.24) is 4.90 Å². The Labute approximate surface area is 148 Å². The molecule has 0 bridgehead atoms. The van der Waals surface area contributed by atoms with Crippen molar-refractivity contribution in [2.75, 3.05) is 6.54 Å². The van der Waals surface area contributed by atoms with Gasteiger partial charge in [-0.3, -0.25) is 9.59 Å². The molecule has 6 heteroatoms. The number of amides is 1. The van der Waals surface area contributed by atoms with E-state index in [1.165, 1.54) is 4.90 Å². The molecule has 4 nitrogen and oxygen atoms in total. The molecule has 1 aliphatic rings. The van der Waals surface area contributed by atoms with Crippen molar-refractivity contribution in [3.05, 3.63) is 12.2 Å². The summed E-state index contributed by atoms with van der Waals surface area (Å²) in [6.07, 6.45) is 8.27. The number of alkyl halides is 2. The molecule has 1 unspecified atom stereocenters. The Morgan fingerprint density at radius 2 is 2.04 bits per heavy atom. The third kappa shape index (κ3) is 7.68. The second-order valence-electron chi connectivity index (χ2n) is 6.28. The van der Waals surface area contributed by atoms with E-state index >= 15 is 0 Å². The van der Waals surface area contributed by atoms with Crippen molar-refractivity contribution in [2.24, 2.45) is 0 Å². The smallest absolute Gasteiger partial charge is 0.327 e.